The first-order valence-corrected chi connectivity index (χ1v) is 4.92. The van der Waals surface area contributed by atoms with Crippen LogP contribution in [0.1, 0.15) is 5.56 Å². The van der Waals surface area contributed by atoms with E-state index in [4.69, 9.17) is 16.7 Å². The number of nitrogen functional groups attached to an aromatic ring is 2. The molecule has 2 aromatic rings. The van der Waals surface area contributed by atoms with Crippen molar-refractivity contribution < 1.29 is 0 Å². The van der Waals surface area contributed by atoms with Gasteiger partial charge in [0.1, 0.15) is 21.7 Å². The number of thiophene rings is 1. The predicted molar refractivity (Wildman–Crippen MR) is 60.5 cm³/mol. The number of nitriles is 1. The summed E-state index contributed by atoms with van der Waals surface area (Å²) in [6, 6.07) is 2.08. The van der Waals surface area contributed by atoms with E-state index < -0.39 is 0 Å². The molecular formula is C8H8N6S. The van der Waals surface area contributed by atoms with E-state index in [0.29, 0.717) is 15.8 Å². The average Bonchev–Trinajstić information content (AvgIpc) is 2.55. The van der Waals surface area contributed by atoms with Gasteiger partial charge in [-0.1, -0.05) is 11.3 Å². The Balaban J connectivity index is 2.90. The third-order valence-electron chi connectivity index (χ3n) is 1.94. The summed E-state index contributed by atoms with van der Waals surface area (Å²) in [6.45, 7) is 0. The van der Waals surface area contributed by atoms with Crippen LogP contribution in [0.5, 0.6) is 0 Å². The van der Waals surface area contributed by atoms with Gasteiger partial charge in [-0.3, -0.25) is 0 Å². The first-order valence-electron chi connectivity index (χ1n) is 4.10. The first-order chi connectivity index (χ1) is 7.17. The molecule has 6 nitrogen and oxygen atoms in total. The molecular weight excluding hydrogens is 212 g/mol. The number of fused-ring (bicyclic) bond motifs is 1. The molecule has 0 radical (unpaired) electrons. The van der Waals surface area contributed by atoms with Crippen LogP contribution in [-0.4, -0.2) is 17.0 Å². The molecule has 0 aliphatic heterocycles. The number of hydrogen-bond acceptors (Lipinski definition) is 7. The summed E-state index contributed by atoms with van der Waals surface area (Å²) in [6.07, 6.45) is 0. The van der Waals surface area contributed by atoms with Gasteiger partial charge >= 0.3 is 0 Å². The number of aromatic nitrogens is 2. The molecule has 0 bridgehead atoms. The number of anilines is 3. The van der Waals surface area contributed by atoms with Crippen molar-refractivity contribution >= 4 is 38.3 Å². The zero-order valence-corrected chi connectivity index (χ0v) is 8.72. The Bertz CT molecular complexity index is 566. The lowest BCUT2D eigenvalue weighted by atomic mass is 10.2. The van der Waals surface area contributed by atoms with E-state index in [9.17, 15) is 0 Å². The minimum atomic E-state index is 0.119. The second-order valence-corrected chi connectivity index (χ2v) is 3.81. The van der Waals surface area contributed by atoms with Gasteiger partial charge in [0.2, 0.25) is 5.95 Å². The number of nitrogens with two attached hydrogens (primary N) is 2. The van der Waals surface area contributed by atoms with E-state index in [2.05, 4.69) is 21.4 Å². The number of hydrogen-bond donors (Lipinski definition) is 3. The van der Waals surface area contributed by atoms with Gasteiger partial charge in [-0.15, -0.1) is 0 Å². The van der Waals surface area contributed by atoms with Crippen molar-refractivity contribution in [1.29, 1.82) is 5.26 Å². The van der Waals surface area contributed by atoms with Crippen molar-refractivity contribution in [3.05, 3.63) is 5.56 Å². The third-order valence-corrected chi connectivity index (χ3v) is 3.04. The van der Waals surface area contributed by atoms with Crippen molar-refractivity contribution in [2.24, 2.45) is 0 Å². The summed E-state index contributed by atoms with van der Waals surface area (Å²) >= 11 is 1.33. The molecule has 2 heterocycles. The van der Waals surface area contributed by atoms with Crippen LogP contribution < -0.4 is 16.8 Å². The maximum absolute atomic E-state index is 9.00. The van der Waals surface area contributed by atoms with Crippen LogP contribution in [-0.2, 0) is 0 Å². The molecule has 0 atom stereocenters. The maximum atomic E-state index is 9.00. The maximum Gasteiger partial charge on any atom is 0.223 e. The Morgan fingerprint density at radius 3 is 2.73 bits per heavy atom. The smallest absolute Gasteiger partial charge is 0.223 e. The van der Waals surface area contributed by atoms with Crippen LogP contribution in [0.25, 0.3) is 10.2 Å². The summed E-state index contributed by atoms with van der Waals surface area (Å²) in [5.41, 5.74) is 11.6. The highest BCUT2D eigenvalue weighted by Gasteiger charge is 2.15. The summed E-state index contributed by atoms with van der Waals surface area (Å²) in [4.78, 5) is 8.48. The van der Waals surface area contributed by atoms with Gasteiger partial charge in [0.25, 0.3) is 0 Å². The summed E-state index contributed by atoms with van der Waals surface area (Å²) in [5, 5.41) is 13.2. The van der Waals surface area contributed by atoms with Crippen molar-refractivity contribution in [2.45, 2.75) is 0 Å². The van der Waals surface area contributed by atoms with Gasteiger partial charge in [-0.25, -0.2) is 4.98 Å². The Morgan fingerprint density at radius 2 is 2.13 bits per heavy atom. The molecule has 0 saturated carbocycles. The Hall–Kier alpha value is -2.07. The summed E-state index contributed by atoms with van der Waals surface area (Å²) in [7, 11) is 1.73. The topological polar surface area (TPSA) is 114 Å². The molecule has 0 fully saturated rings. The lowest BCUT2D eigenvalue weighted by Gasteiger charge is -1.97. The Labute approximate surface area is 89.5 Å². The third kappa shape index (κ3) is 1.31. The van der Waals surface area contributed by atoms with Crippen LogP contribution in [0, 0.1) is 11.3 Å². The molecule has 0 saturated heterocycles. The zero-order valence-electron chi connectivity index (χ0n) is 7.90. The van der Waals surface area contributed by atoms with E-state index in [-0.39, 0.29) is 11.8 Å². The van der Waals surface area contributed by atoms with Crippen LogP contribution in [0.15, 0.2) is 0 Å². The highest BCUT2D eigenvalue weighted by Crippen LogP contribution is 2.36. The number of rotatable bonds is 1. The van der Waals surface area contributed by atoms with E-state index in [1.54, 1.807) is 7.05 Å². The summed E-state index contributed by atoms with van der Waals surface area (Å²) in [5.74, 6) is 0.361. The molecule has 0 aromatic carbocycles. The Kier molecular flexibility index (Phi) is 2.06. The minimum absolute atomic E-state index is 0.119. The standard InChI is InChI=1S/C8H8N6S/c1-12-6-3(2-9)4-5(10)13-8(11)14-7(4)15-6/h12H,1H3,(H4,10,11,13,14). The molecule has 0 aliphatic carbocycles. The monoisotopic (exact) mass is 220 g/mol. The molecule has 0 aliphatic rings. The van der Waals surface area contributed by atoms with Gasteiger partial charge in [0.15, 0.2) is 0 Å². The fourth-order valence-electron chi connectivity index (χ4n) is 1.33. The second-order valence-electron chi connectivity index (χ2n) is 2.82. The van der Waals surface area contributed by atoms with Crippen molar-refractivity contribution in [1.82, 2.24) is 9.97 Å². The van der Waals surface area contributed by atoms with Gasteiger partial charge in [0.05, 0.1) is 10.9 Å². The van der Waals surface area contributed by atoms with Crippen molar-refractivity contribution in [3.63, 3.8) is 0 Å². The molecule has 0 unspecified atom stereocenters. The van der Waals surface area contributed by atoms with Crippen molar-refractivity contribution in [2.75, 3.05) is 23.8 Å². The molecule has 7 heteroatoms. The van der Waals surface area contributed by atoms with Crippen LogP contribution in [0.4, 0.5) is 16.8 Å². The van der Waals surface area contributed by atoms with Gasteiger partial charge in [-0.05, 0) is 0 Å². The fourth-order valence-corrected chi connectivity index (χ4v) is 2.32. The van der Waals surface area contributed by atoms with Crippen LogP contribution in [0.3, 0.4) is 0 Å². The van der Waals surface area contributed by atoms with E-state index in [1.807, 2.05) is 0 Å². The van der Waals surface area contributed by atoms with Crippen molar-refractivity contribution in [3.8, 4) is 6.07 Å². The SMILES string of the molecule is CNc1sc2nc(N)nc(N)c2c1C#N. The predicted octanol–water partition coefficient (Wildman–Crippen LogP) is 0.769. The van der Waals surface area contributed by atoms with Gasteiger partial charge in [-0.2, -0.15) is 10.2 Å². The lowest BCUT2D eigenvalue weighted by Crippen LogP contribution is -1.99. The minimum Gasteiger partial charge on any atom is -0.383 e. The Morgan fingerprint density at radius 1 is 1.40 bits per heavy atom. The van der Waals surface area contributed by atoms with Crippen LogP contribution in [0.2, 0.25) is 0 Å². The molecule has 5 N–H and O–H groups in total. The highest BCUT2D eigenvalue weighted by molar-refractivity contribution is 7.22. The summed E-state index contributed by atoms with van der Waals surface area (Å²) < 4.78 is 0. The second kappa shape index (κ2) is 3.25. The van der Waals surface area contributed by atoms with E-state index in [0.717, 1.165) is 5.00 Å². The highest BCUT2D eigenvalue weighted by atomic mass is 32.1. The number of nitrogens with one attached hydrogen (secondary N) is 1. The quantitative estimate of drug-likeness (QED) is 0.654. The molecule has 2 rings (SSSR count). The number of nitrogens with zero attached hydrogens (tertiary/aromatic N) is 3. The zero-order chi connectivity index (χ0) is 11.0. The van der Waals surface area contributed by atoms with E-state index >= 15 is 0 Å². The van der Waals surface area contributed by atoms with Gasteiger partial charge < -0.3 is 16.8 Å². The average molecular weight is 220 g/mol. The first kappa shape index (κ1) is 9.48. The molecule has 0 spiro atoms. The lowest BCUT2D eigenvalue weighted by molar-refractivity contribution is 1.26. The fraction of sp³-hybridized carbons (Fsp3) is 0.125. The normalized spacial score (nSPS) is 10.1. The molecule has 0 amide bonds. The van der Waals surface area contributed by atoms with E-state index in [1.165, 1.54) is 11.3 Å². The molecule has 76 valence electrons. The molecule has 15 heavy (non-hydrogen) atoms. The van der Waals surface area contributed by atoms with Crippen LogP contribution >= 0.6 is 11.3 Å². The largest absolute Gasteiger partial charge is 0.383 e. The molecule has 2 aromatic heterocycles. The van der Waals surface area contributed by atoms with Gasteiger partial charge in [0, 0.05) is 7.05 Å².